The zero-order valence-electron chi connectivity index (χ0n) is 14.9. The van der Waals surface area contributed by atoms with Crippen molar-refractivity contribution >= 4 is 23.5 Å². The van der Waals surface area contributed by atoms with E-state index in [4.69, 9.17) is 26.2 Å². The summed E-state index contributed by atoms with van der Waals surface area (Å²) in [6.07, 6.45) is 0.0452. The number of aliphatic carboxylic acids is 1. The molecule has 0 saturated carbocycles. The zero-order valence-corrected chi connectivity index (χ0v) is 15.6. The second-order valence-electron chi connectivity index (χ2n) is 6.42. The van der Waals surface area contributed by atoms with E-state index in [1.165, 1.54) is 0 Å². The predicted molar refractivity (Wildman–Crippen MR) is 99.9 cm³/mol. The van der Waals surface area contributed by atoms with Crippen LogP contribution in [0.1, 0.15) is 17.5 Å². The SMILES string of the molecule is COc1ccc(CN2CC(C(=O)O)CC2=O)cc1OCc1cccc(Cl)c1. The Morgan fingerprint density at radius 3 is 2.70 bits per heavy atom. The third-order valence-corrected chi connectivity index (χ3v) is 4.68. The van der Waals surface area contributed by atoms with E-state index in [0.29, 0.717) is 29.7 Å². The average molecular weight is 390 g/mol. The van der Waals surface area contributed by atoms with Gasteiger partial charge in [0.25, 0.3) is 0 Å². The van der Waals surface area contributed by atoms with Crippen LogP contribution in [0.25, 0.3) is 0 Å². The van der Waals surface area contributed by atoms with Gasteiger partial charge in [-0.25, -0.2) is 0 Å². The molecule has 7 heteroatoms. The third-order valence-electron chi connectivity index (χ3n) is 4.45. The van der Waals surface area contributed by atoms with Crippen LogP contribution in [0.15, 0.2) is 42.5 Å². The van der Waals surface area contributed by atoms with Crippen molar-refractivity contribution in [2.24, 2.45) is 5.92 Å². The van der Waals surface area contributed by atoms with Crippen LogP contribution in [-0.2, 0) is 22.7 Å². The number of nitrogens with zero attached hydrogens (tertiary/aromatic N) is 1. The molecule has 0 bridgehead atoms. The molecule has 1 atom stereocenters. The number of amides is 1. The summed E-state index contributed by atoms with van der Waals surface area (Å²) < 4.78 is 11.2. The highest BCUT2D eigenvalue weighted by Crippen LogP contribution is 2.30. The Morgan fingerprint density at radius 1 is 1.22 bits per heavy atom. The van der Waals surface area contributed by atoms with E-state index in [1.807, 2.05) is 30.3 Å². The molecule has 0 aromatic heterocycles. The van der Waals surface area contributed by atoms with Gasteiger partial charge < -0.3 is 19.5 Å². The number of methoxy groups -OCH3 is 1. The number of carboxylic acids is 1. The van der Waals surface area contributed by atoms with Crippen molar-refractivity contribution in [1.82, 2.24) is 4.90 Å². The van der Waals surface area contributed by atoms with Crippen LogP contribution in [0.5, 0.6) is 11.5 Å². The zero-order chi connectivity index (χ0) is 19.4. The first-order chi connectivity index (χ1) is 13.0. The number of ether oxygens (including phenoxy) is 2. The fraction of sp³-hybridized carbons (Fsp3) is 0.300. The summed E-state index contributed by atoms with van der Waals surface area (Å²) in [6, 6.07) is 12.8. The van der Waals surface area contributed by atoms with Crippen molar-refractivity contribution in [3.8, 4) is 11.5 Å². The Labute approximate surface area is 162 Å². The summed E-state index contributed by atoms with van der Waals surface area (Å²) in [4.78, 5) is 24.7. The van der Waals surface area contributed by atoms with Gasteiger partial charge in [-0.1, -0.05) is 29.8 Å². The molecule has 6 nitrogen and oxygen atoms in total. The van der Waals surface area contributed by atoms with Gasteiger partial charge >= 0.3 is 5.97 Å². The summed E-state index contributed by atoms with van der Waals surface area (Å²) in [5.74, 6) is -0.603. The van der Waals surface area contributed by atoms with Crippen molar-refractivity contribution in [1.29, 1.82) is 0 Å². The van der Waals surface area contributed by atoms with E-state index in [2.05, 4.69) is 0 Å². The summed E-state index contributed by atoms with van der Waals surface area (Å²) >= 11 is 5.99. The maximum absolute atomic E-state index is 12.0. The molecular weight excluding hydrogens is 370 g/mol. The fourth-order valence-corrected chi connectivity index (χ4v) is 3.24. The van der Waals surface area contributed by atoms with E-state index < -0.39 is 11.9 Å². The van der Waals surface area contributed by atoms with Crippen molar-refractivity contribution in [2.45, 2.75) is 19.6 Å². The molecule has 1 N–H and O–H groups in total. The Morgan fingerprint density at radius 2 is 2.04 bits per heavy atom. The molecule has 2 aromatic carbocycles. The van der Waals surface area contributed by atoms with E-state index in [9.17, 15) is 9.59 Å². The first-order valence-corrected chi connectivity index (χ1v) is 8.89. The molecule has 3 rings (SSSR count). The van der Waals surface area contributed by atoms with Crippen molar-refractivity contribution in [2.75, 3.05) is 13.7 Å². The molecule has 0 radical (unpaired) electrons. The fourth-order valence-electron chi connectivity index (χ4n) is 3.03. The summed E-state index contributed by atoms with van der Waals surface area (Å²) in [6.45, 7) is 0.878. The van der Waals surface area contributed by atoms with E-state index >= 15 is 0 Å². The highest BCUT2D eigenvalue weighted by molar-refractivity contribution is 6.30. The van der Waals surface area contributed by atoms with Crippen LogP contribution >= 0.6 is 11.6 Å². The Kier molecular flexibility index (Phi) is 5.86. The first kappa shape index (κ1) is 19.0. The van der Waals surface area contributed by atoms with E-state index in [-0.39, 0.29) is 18.9 Å². The highest BCUT2D eigenvalue weighted by Gasteiger charge is 2.34. The van der Waals surface area contributed by atoms with Crippen LogP contribution in [0.4, 0.5) is 0 Å². The summed E-state index contributed by atoms with van der Waals surface area (Å²) in [7, 11) is 1.56. The Hall–Kier alpha value is -2.73. The molecule has 1 amide bonds. The number of hydrogen-bond donors (Lipinski definition) is 1. The molecule has 2 aromatic rings. The van der Waals surface area contributed by atoms with Crippen molar-refractivity contribution in [3.63, 3.8) is 0 Å². The van der Waals surface area contributed by atoms with Gasteiger partial charge in [0.1, 0.15) is 6.61 Å². The minimum Gasteiger partial charge on any atom is -0.493 e. The van der Waals surface area contributed by atoms with Gasteiger partial charge in [-0.2, -0.15) is 0 Å². The third kappa shape index (κ3) is 4.71. The topological polar surface area (TPSA) is 76.1 Å². The van der Waals surface area contributed by atoms with Crippen LogP contribution in [-0.4, -0.2) is 35.5 Å². The minimum absolute atomic E-state index is 0.0452. The highest BCUT2D eigenvalue weighted by atomic mass is 35.5. The molecule has 27 heavy (non-hydrogen) atoms. The summed E-state index contributed by atoms with van der Waals surface area (Å²) in [5.41, 5.74) is 1.77. The van der Waals surface area contributed by atoms with Crippen LogP contribution < -0.4 is 9.47 Å². The molecule has 0 aliphatic carbocycles. The monoisotopic (exact) mass is 389 g/mol. The maximum Gasteiger partial charge on any atom is 0.308 e. The molecular formula is C20H20ClNO5. The molecule has 0 spiro atoms. The molecule has 142 valence electrons. The van der Waals surface area contributed by atoms with Gasteiger partial charge in [0.2, 0.25) is 5.91 Å². The number of halogens is 1. The lowest BCUT2D eigenvalue weighted by Gasteiger charge is -2.18. The molecule has 1 aliphatic heterocycles. The van der Waals surface area contributed by atoms with Gasteiger partial charge in [-0.3, -0.25) is 9.59 Å². The number of carboxylic acid groups (broad SMARTS) is 1. The molecule has 1 unspecified atom stereocenters. The number of carbonyl (C=O) groups excluding carboxylic acids is 1. The van der Waals surface area contributed by atoms with Gasteiger partial charge in [0.05, 0.1) is 13.0 Å². The standard InChI is InChI=1S/C20H20ClNO5/c1-26-17-6-5-13(10-22-11-15(20(24)25)9-19(22)23)8-18(17)27-12-14-3-2-4-16(21)7-14/h2-8,15H,9-12H2,1H3,(H,24,25). The Bertz CT molecular complexity index is 854. The second-order valence-corrected chi connectivity index (χ2v) is 6.85. The van der Waals surface area contributed by atoms with Crippen molar-refractivity contribution < 1.29 is 24.2 Å². The van der Waals surface area contributed by atoms with Crippen LogP contribution in [0.2, 0.25) is 5.02 Å². The predicted octanol–water partition coefficient (Wildman–Crippen LogP) is 3.36. The number of likely N-dealkylation sites (tertiary alicyclic amines) is 1. The number of carbonyl (C=O) groups is 2. The van der Waals surface area contributed by atoms with Gasteiger partial charge in [0.15, 0.2) is 11.5 Å². The van der Waals surface area contributed by atoms with Crippen LogP contribution in [0, 0.1) is 5.92 Å². The van der Waals surface area contributed by atoms with Crippen molar-refractivity contribution in [3.05, 3.63) is 58.6 Å². The lowest BCUT2D eigenvalue weighted by molar-refractivity contribution is -0.141. The second kappa shape index (κ2) is 8.31. The molecule has 1 saturated heterocycles. The molecule has 1 aliphatic rings. The largest absolute Gasteiger partial charge is 0.493 e. The van der Waals surface area contributed by atoms with E-state index in [1.54, 1.807) is 24.1 Å². The Balaban J connectivity index is 1.71. The smallest absolute Gasteiger partial charge is 0.308 e. The van der Waals surface area contributed by atoms with Gasteiger partial charge in [-0.15, -0.1) is 0 Å². The normalized spacial score (nSPS) is 16.4. The van der Waals surface area contributed by atoms with E-state index in [0.717, 1.165) is 11.1 Å². The quantitative estimate of drug-likeness (QED) is 0.785. The minimum atomic E-state index is -0.939. The first-order valence-electron chi connectivity index (χ1n) is 8.51. The number of benzene rings is 2. The molecule has 1 fully saturated rings. The van der Waals surface area contributed by atoms with Gasteiger partial charge in [-0.05, 0) is 35.4 Å². The lowest BCUT2D eigenvalue weighted by atomic mass is 10.1. The summed E-state index contributed by atoms with van der Waals surface area (Å²) in [5, 5.41) is 9.74. The number of hydrogen-bond acceptors (Lipinski definition) is 4. The van der Waals surface area contributed by atoms with Crippen LogP contribution in [0.3, 0.4) is 0 Å². The maximum atomic E-state index is 12.0. The lowest BCUT2D eigenvalue weighted by Crippen LogP contribution is -2.25. The molecule has 1 heterocycles. The number of rotatable bonds is 7. The average Bonchev–Trinajstić information content (AvgIpc) is 3.01. The van der Waals surface area contributed by atoms with Gasteiger partial charge in [0, 0.05) is 24.5 Å².